The molecule has 0 atom stereocenters. The third kappa shape index (κ3) is 5.93. The van der Waals surface area contributed by atoms with Gasteiger partial charge in [-0.3, -0.25) is 4.79 Å². The van der Waals surface area contributed by atoms with Crippen molar-refractivity contribution in [3.8, 4) is 10.6 Å². The summed E-state index contributed by atoms with van der Waals surface area (Å²) >= 11 is 1.58. The Hall–Kier alpha value is -1.14. The molecule has 1 N–H and O–H groups in total. The fraction of sp³-hybridized carbons (Fsp3) is 0.333. The molecule has 2 rings (SSSR count). The van der Waals surface area contributed by atoms with Gasteiger partial charge in [-0.15, -0.1) is 36.2 Å². The number of thiazole rings is 1. The summed E-state index contributed by atoms with van der Waals surface area (Å²) in [6.07, 6.45) is 0.365. The molecule has 22 heavy (non-hydrogen) atoms. The predicted octanol–water partition coefficient (Wildman–Crippen LogP) is 2.87. The lowest BCUT2D eigenvalue weighted by molar-refractivity contribution is -0.129. The van der Waals surface area contributed by atoms with Gasteiger partial charge in [0.25, 0.3) is 0 Å². The van der Waals surface area contributed by atoms with E-state index < -0.39 is 0 Å². The van der Waals surface area contributed by atoms with Crippen LogP contribution in [0.4, 0.5) is 0 Å². The minimum atomic E-state index is 0. The molecule has 1 aromatic heterocycles. The summed E-state index contributed by atoms with van der Waals surface area (Å²) in [5, 5.41) is 5.96. The standard InChI is InChI=1S/C15H19N3OS.2ClH/c1-16-8-9-18(2)14(19)10-13-11-20-15(17-13)12-6-4-3-5-7-12;;/h3-7,11,16H,8-10H2,1-2H3;2*1H. The van der Waals surface area contributed by atoms with Crippen LogP contribution in [0.1, 0.15) is 5.69 Å². The zero-order valence-corrected chi connectivity index (χ0v) is 15.1. The van der Waals surface area contributed by atoms with Crippen LogP contribution in [0.25, 0.3) is 10.6 Å². The van der Waals surface area contributed by atoms with Crippen LogP contribution in [-0.4, -0.2) is 43.0 Å². The zero-order chi connectivity index (χ0) is 14.4. The molecule has 0 aliphatic heterocycles. The first kappa shape index (κ1) is 20.9. The third-order valence-corrected chi connectivity index (χ3v) is 3.97. The molecule has 0 aliphatic rings. The maximum absolute atomic E-state index is 12.0. The molecule has 4 nitrogen and oxygen atoms in total. The van der Waals surface area contributed by atoms with Gasteiger partial charge in [-0.2, -0.15) is 0 Å². The molecular weight excluding hydrogens is 341 g/mol. The SMILES string of the molecule is CNCCN(C)C(=O)Cc1csc(-c2ccccc2)n1.Cl.Cl. The first-order valence-electron chi connectivity index (χ1n) is 6.59. The molecule has 0 bridgehead atoms. The predicted molar refractivity (Wildman–Crippen MR) is 97.3 cm³/mol. The highest BCUT2D eigenvalue weighted by Gasteiger charge is 2.12. The van der Waals surface area contributed by atoms with Crippen LogP contribution in [0, 0.1) is 0 Å². The van der Waals surface area contributed by atoms with Crippen LogP contribution in [0.5, 0.6) is 0 Å². The van der Waals surface area contributed by atoms with Gasteiger partial charge in [-0.05, 0) is 7.05 Å². The fourth-order valence-electron chi connectivity index (χ4n) is 1.80. The van der Waals surface area contributed by atoms with E-state index in [-0.39, 0.29) is 30.7 Å². The van der Waals surface area contributed by atoms with Crippen molar-refractivity contribution in [1.82, 2.24) is 15.2 Å². The van der Waals surface area contributed by atoms with E-state index in [9.17, 15) is 4.79 Å². The fourth-order valence-corrected chi connectivity index (χ4v) is 2.62. The van der Waals surface area contributed by atoms with Gasteiger partial charge in [0.15, 0.2) is 0 Å². The number of carbonyl (C=O) groups is 1. The maximum Gasteiger partial charge on any atom is 0.228 e. The minimum Gasteiger partial charge on any atom is -0.344 e. The second-order valence-corrected chi connectivity index (χ2v) is 5.46. The molecule has 122 valence electrons. The lowest BCUT2D eigenvalue weighted by atomic mass is 10.2. The quantitative estimate of drug-likeness (QED) is 0.860. The number of carbonyl (C=O) groups excluding carboxylic acids is 1. The Morgan fingerprint density at radius 2 is 1.95 bits per heavy atom. The summed E-state index contributed by atoms with van der Waals surface area (Å²) in [4.78, 5) is 18.3. The Morgan fingerprint density at radius 1 is 1.27 bits per heavy atom. The molecular formula is C15H21Cl2N3OS. The summed E-state index contributed by atoms with van der Waals surface area (Å²) < 4.78 is 0. The Morgan fingerprint density at radius 3 is 2.59 bits per heavy atom. The second kappa shape index (κ2) is 10.6. The lowest BCUT2D eigenvalue weighted by Crippen LogP contribution is -2.33. The highest BCUT2D eigenvalue weighted by atomic mass is 35.5. The third-order valence-electron chi connectivity index (χ3n) is 3.03. The van der Waals surface area contributed by atoms with Crippen LogP contribution in [-0.2, 0) is 11.2 Å². The van der Waals surface area contributed by atoms with Crippen LogP contribution in [0.15, 0.2) is 35.7 Å². The first-order valence-corrected chi connectivity index (χ1v) is 7.47. The average Bonchev–Trinajstić information content (AvgIpc) is 2.94. The number of benzene rings is 1. The molecule has 0 fully saturated rings. The van der Waals surface area contributed by atoms with E-state index in [1.807, 2.05) is 49.8 Å². The van der Waals surface area contributed by atoms with E-state index in [1.54, 1.807) is 16.2 Å². The van der Waals surface area contributed by atoms with Gasteiger partial charge in [0.1, 0.15) is 5.01 Å². The largest absolute Gasteiger partial charge is 0.344 e. The highest BCUT2D eigenvalue weighted by Crippen LogP contribution is 2.23. The number of hydrogen-bond acceptors (Lipinski definition) is 4. The molecule has 0 radical (unpaired) electrons. The van der Waals surface area contributed by atoms with Gasteiger partial charge in [0.05, 0.1) is 12.1 Å². The van der Waals surface area contributed by atoms with E-state index >= 15 is 0 Å². The first-order chi connectivity index (χ1) is 9.70. The van der Waals surface area contributed by atoms with E-state index in [0.29, 0.717) is 13.0 Å². The van der Waals surface area contributed by atoms with E-state index in [0.717, 1.165) is 22.8 Å². The zero-order valence-electron chi connectivity index (χ0n) is 12.6. The number of nitrogens with one attached hydrogen (secondary N) is 1. The Kier molecular flexibility index (Phi) is 10.0. The Labute approximate surface area is 147 Å². The molecule has 0 aliphatic carbocycles. The average molecular weight is 362 g/mol. The maximum atomic E-state index is 12.0. The van der Waals surface area contributed by atoms with Crippen LogP contribution in [0.2, 0.25) is 0 Å². The van der Waals surface area contributed by atoms with Gasteiger partial charge in [-0.1, -0.05) is 30.3 Å². The molecule has 2 aromatic rings. The highest BCUT2D eigenvalue weighted by molar-refractivity contribution is 7.13. The molecule has 0 unspecified atom stereocenters. The van der Waals surface area contributed by atoms with Crippen LogP contribution < -0.4 is 5.32 Å². The van der Waals surface area contributed by atoms with Crippen molar-refractivity contribution >= 4 is 42.1 Å². The number of halogens is 2. The molecule has 1 aromatic carbocycles. The summed E-state index contributed by atoms with van der Waals surface area (Å²) in [5.41, 5.74) is 1.94. The van der Waals surface area contributed by atoms with E-state index in [2.05, 4.69) is 10.3 Å². The minimum absolute atomic E-state index is 0. The van der Waals surface area contributed by atoms with Gasteiger partial charge in [0.2, 0.25) is 5.91 Å². The van der Waals surface area contributed by atoms with Crippen molar-refractivity contribution < 1.29 is 4.79 Å². The monoisotopic (exact) mass is 361 g/mol. The molecule has 1 heterocycles. The van der Waals surface area contributed by atoms with Crippen molar-refractivity contribution in [2.45, 2.75) is 6.42 Å². The van der Waals surface area contributed by atoms with Crippen molar-refractivity contribution in [3.05, 3.63) is 41.4 Å². The molecule has 0 spiro atoms. The van der Waals surface area contributed by atoms with Gasteiger partial charge >= 0.3 is 0 Å². The van der Waals surface area contributed by atoms with Crippen LogP contribution >= 0.6 is 36.2 Å². The van der Waals surface area contributed by atoms with Crippen LogP contribution in [0.3, 0.4) is 0 Å². The summed E-state index contributed by atoms with van der Waals surface area (Å²) in [6, 6.07) is 10.0. The van der Waals surface area contributed by atoms with Crippen molar-refractivity contribution in [1.29, 1.82) is 0 Å². The van der Waals surface area contributed by atoms with E-state index in [4.69, 9.17) is 0 Å². The Balaban J connectivity index is 0.00000220. The molecule has 1 amide bonds. The van der Waals surface area contributed by atoms with Crippen molar-refractivity contribution in [2.75, 3.05) is 27.2 Å². The lowest BCUT2D eigenvalue weighted by Gasteiger charge is -2.16. The summed E-state index contributed by atoms with van der Waals surface area (Å²) in [7, 11) is 3.70. The van der Waals surface area contributed by atoms with Gasteiger partial charge in [-0.25, -0.2) is 4.98 Å². The van der Waals surface area contributed by atoms with E-state index in [1.165, 1.54) is 0 Å². The Bertz CT molecular complexity index is 563. The van der Waals surface area contributed by atoms with Crippen molar-refractivity contribution in [3.63, 3.8) is 0 Å². The number of likely N-dealkylation sites (N-methyl/N-ethyl adjacent to an activating group) is 2. The number of hydrogen-bond donors (Lipinski definition) is 1. The normalized spacial score (nSPS) is 9.55. The number of aromatic nitrogens is 1. The number of nitrogens with zero attached hydrogens (tertiary/aromatic N) is 2. The second-order valence-electron chi connectivity index (χ2n) is 4.61. The van der Waals surface area contributed by atoms with Gasteiger partial charge < -0.3 is 10.2 Å². The van der Waals surface area contributed by atoms with Crippen molar-refractivity contribution in [2.24, 2.45) is 0 Å². The number of rotatable bonds is 6. The molecule has 0 saturated carbocycles. The summed E-state index contributed by atoms with van der Waals surface area (Å²) in [5.74, 6) is 0.102. The summed E-state index contributed by atoms with van der Waals surface area (Å²) in [6.45, 7) is 1.51. The topological polar surface area (TPSA) is 45.2 Å². The van der Waals surface area contributed by atoms with Gasteiger partial charge in [0, 0.05) is 31.1 Å². The molecule has 0 saturated heterocycles. The number of amides is 1. The smallest absolute Gasteiger partial charge is 0.228 e. The molecule has 7 heteroatoms.